The van der Waals surface area contributed by atoms with Gasteiger partial charge in [-0.2, -0.15) is 0 Å². The van der Waals surface area contributed by atoms with E-state index in [9.17, 15) is 9.59 Å². The molecule has 0 heterocycles. The van der Waals surface area contributed by atoms with Crippen LogP contribution in [0.1, 0.15) is 0 Å². The van der Waals surface area contributed by atoms with Gasteiger partial charge in [0.15, 0.2) is 11.6 Å². The van der Waals surface area contributed by atoms with E-state index in [0.717, 1.165) is 0 Å². The molecular weight excluding hydrogens is 336 g/mol. The highest BCUT2D eigenvalue weighted by Crippen LogP contribution is 2.01. The van der Waals surface area contributed by atoms with E-state index in [-0.39, 0.29) is 0 Å². The van der Waals surface area contributed by atoms with Gasteiger partial charge in [-0.1, -0.05) is 0 Å². The molecule has 0 saturated carbocycles. The van der Waals surface area contributed by atoms with Crippen molar-refractivity contribution in [3.63, 3.8) is 0 Å². The summed E-state index contributed by atoms with van der Waals surface area (Å²) in [6, 6.07) is 0. The van der Waals surface area contributed by atoms with Gasteiger partial charge in [0.1, 0.15) is 49.8 Å². The first kappa shape index (κ1) is 25.2. The average molecular weight is 360 g/mol. The first-order chi connectivity index (χ1) is 11.1. The molecule has 0 amide bonds. The van der Waals surface area contributed by atoms with Gasteiger partial charge in [0.05, 0.1) is 13.2 Å². The number of hydrogen-bond acceptors (Lipinski definition) is 12. The summed E-state index contributed by atoms with van der Waals surface area (Å²) >= 11 is 0. The predicted molar refractivity (Wildman–Crippen MR) is 74.4 cm³/mol. The Hall–Kier alpha value is -1.06. The number of carbonyl (C=O) groups excluding carboxylic acids is 2. The van der Waals surface area contributed by atoms with Gasteiger partial charge in [0.2, 0.25) is 0 Å². The first-order valence-corrected chi connectivity index (χ1v) is 6.66. The van der Waals surface area contributed by atoms with Crippen molar-refractivity contribution >= 4 is 11.6 Å². The second-order valence-electron chi connectivity index (χ2n) is 4.62. The second-order valence-corrected chi connectivity index (χ2v) is 4.62. The third-order valence-electron chi connectivity index (χ3n) is 2.78. The lowest BCUT2D eigenvalue weighted by Crippen LogP contribution is -2.44. The van der Waals surface area contributed by atoms with Crippen molar-refractivity contribution in [1.82, 2.24) is 0 Å². The monoisotopic (exact) mass is 360 g/mol. The molecule has 0 spiro atoms. The molecule has 6 atom stereocenters. The molecule has 0 aromatic carbocycles. The summed E-state index contributed by atoms with van der Waals surface area (Å²) in [5, 5.41) is 86.1. The Bertz CT molecular complexity index is 328. The van der Waals surface area contributed by atoms with Gasteiger partial charge in [-0.25, -0.2) is 0 Å². The van der Waals surface area contributed by atoms with Gasteiger partial charge < -0.3 is 51.1 Å². The topological polar surface area (TPSA) is 236 Å². The Balaban J connectivity index is 0. The maximum Gasteiger partial charge on any atom is 0.189 e. The molecule has 24 heavy (non-hydrogen) atoms. The molecule has 0 rings (SSSR count). The molecule has 0 unspecified atom stereocenters. The van der Waals surface area contributed by atoms with Crippen LogP contribution >= 0.6 is 0 Å². The maximum atomic E-state index is 10.5. The fourth-order valence-electron chi connectivity index (χ4n) is 1.20. The predicted octanol–water partition coefficient (Wildman–Crippen LogP) is -6.75. The molecule has 0 saturated heterocycles. The maximum absolute atomic E-state index is 10.5. The quantitative estimate of drug-likeness (QED) is 0.175. The molecule has 0 bridgehead atoms. The summed E-state index contributed by atoms with van der Waals surface area (Å²) in [5.41, 5.74) is 0. The van der Waals surface area contributed by atoms with Crippen molar-refractivity contribution in [2.75, 3.05) is 26.4 Å². The van der Waals surface area contributed by atoms with E-state index in [1.165, 1.54) is 0 Å². The van der Waals surface area contributed by atoms with Crippen LogP contribution < -0.4 is 0 Å². The van der Waals surface area contributed by atoms with E-state index >= 15 is 0 Å². The molecule has 10 N–H and O–H groups in total. The zero-order valence-electron chi connectivity index (χ0n) is 12.6. The van der Waals surface area contributed by atoms with Crippen LogP contribution in [-0.2, 0) is 9.59 Å². The highest BCUT2D eigenvalue weighted by atomic mass is 16.4. The number of ketones is 2. The number of rotatable bonds is 10. The van der Waals surface area contributed by atoms with Crippen LogP contribution in [0, 0.1) is 0 Å². The minimum Gasteiger partial charge on any atom is -0.394 e. The van der Waals surface area contributed by atoms with Crippen LogP contribution in [0.15, 0.2) is 0 Å². The van der Waals surface area contributed by atoms with Crippen molar-refractivity contribution in [2.45, 2.75) is 36.6 Å². The molecule has 0 aliphatic carbocycles. The van der Waals surface area contributed by atoms with Crippen LogP contribution in [0.25, 0.3) is 0 Å². The fourth-order valence-corrected chi connectivity index (χ4v) is 1.20. The third kappa shape index (κ3) is 8.70. The van der Waals surface area contributed by atoms with Crippen LogP contribution in [0.5, 0.6) is 0 Å². The zero-order valence-corrected chi connectivity index (χ0v) is 12.6. The third-order valence-corrected chi connectivity index (χ3v) is 2.78. The molecule has 0 fully saturated rings. The van der Waals surface area contributed by atoms with Crippen molar-refractivity contribution in [3.05, 3.63) is 0 Å². The Kier molecular flexibility index (Phi) is 13.9. The number of Topliss-reactive ketones (excluding diaryl/α,β-unsaturated/α-hetero) is 2. The minimum atomic E-state index is -1.86. The largest absolute Gasteiger partial charge is 0.394 e. The van der Waals surface area contributed by atoms with Gasteiger partial charge >= 0.3 is 0 Å². The molecule has 0 aromatic heterocycles. The Morgan fingerprint density at radius 1 is 0.583 bits per heavy atom. The highest BCUT2D eigenvalue weighted by molar-refractivity contribution is 5.84. The SMILES string of the molecule is O=C(CO)[C@@H](O)[C@H](O)[C@H](O)CO.O=C(CO)[C@H](O)[C@H](O)[C@H](O)CO. The highest BCUT2D eigenvalue weighted by Gasteiger charge is 2.29. The van der Waals surface area contributed by atoms with E-state index in [4.69, 9.17) is 51.1 Å². The van der Waals surface area contributed by atoms with Gasteiger partial charge in [-0.05, 0) is 0 Å². The molecule has 144 valence electrons. The first-order valence-electron chi connectivity index (χ1n) is 6.66. The van der Waals surface area contributed by atoms with E-state index in [1.54, 1.807) is 0 Å². The minimum absolute atomic E-state index is 0.767. The van der Waals surface area contributed by atoms with E-state index < -0.39 is 74.6 Å². The Morgan fingerprint density at radius 3 is 1.00 bits per heavy atom. The molecule has 12 heteroatoms. The van der Waals surface area contributed by atoms with Gasteiger partial charge in [0, 0.05) is 0 Å². The summed E-state index contributed by atoms with van der Waals surface area (Å²) in [4.78, 5) is 21.0. The van der Waals surface area contributed by atoms with Gasteiger partial charge in [-0.15, -0.1) is 0 Å². The molecule has 0 aliphatic heterocycles. The summed E-state index contributed by atoms with van der Waals surface area (Å²) in [6.45, 7) is -3.37. The zero-order chi connectivity index (χ0) is 19.4. The molecular formula is C12H24O12. The fraction of sp³-hybridized carbons (Fsp3) is 0.833. The van der Waals surface area contributed by atoms with Gasteiger partial charge in [-0.3, -0.25) is 9.59 Å². The lowest BCUT2D eigenvalue weighted by Gasteiger charge is -2.19. The van der Waals surface area contributed by atoms with Crippen LogP contribution in [0.2, 0.25) is 0 Å². The molecule has 0 aromatic rings. The van der Waals surface area contributed by atoms with Crippen LogP contribution in [0.4, 0.5) is 0 Å². The number of carbonyl (C=O) groups is 2. The van der Waals surface area contributed by atoms with Crippen molar-refractivity contribution in [1.29, 1.82) is 0 Å². The number of aliphatic hydroxyl groups is 10. The van der Waals surface area contributed by atoms with Crippen molar-refractivity contribution in [3.8, 4) is 0 Å². The summed E-state index contributed by atoms with van der Waals surface area (Å²) in [5.74, 6) is -2.01. The van der Waals surface area contributed by atoms with Crippen molar-refractivity contribution < 1.29 is 60.7 Å². The van der Waals surface area contributed by atoms with Crippen LogP contribution in [-0.4, -0.2) is 126 Å². The summed E-state index contributed by atoms with van der Waals surface area (Å²) in [6.07, 6.45) is -10.4. The summed E-state index contributed by atoms with van der Waals surface area (Å²) < 4.78 is 0. The second kappa shape index (κ2) is 13.3. The van der Waals surface area contributed by atoms with Gasteiger partial charge in [0.25, 0.3) is 0 Å². The van der Waals surface area contributed by atoms with E-state index in [1.807, 2.05) is 0 Å². The normalized spacial score (nSPS) is 18.4. The number of hydrogen-bond donors (Lipinski definition) is 10. The lowest BCUT2D eigenvalue weighted by atomic mass is 10.1. The Labute approximate surface area is 136 Å². The smallest absolute Gasteiger partial charge is 0.189 e. The molecule has 12 nitrogen and oxygen atoms in total. The van der Waals surface area contributed by atoms with E-state index in [0.29, 0.717) is 0 Å². The van der Waals surface area contributed by atoms with Crippen LogP contribution in [0.3, 0.4) is 0 Å². The molecule has 0 radical (unpaired) electrons. The average Bonchev–Trinajstić information content (AvgIpc) is 2.62. The number of aliphatic hydroxyl groups excluding tert-OH is 10. The summed E-state index contributed by atoms with van der Waals surface area (Å²) in [7, 11) is 0. The van der Waals surface area contributed by atoms with E-state index in [2.05, 4.69) is 0 Å². The lowest BCUT2D eigenvalue weighted by molar-refractivity contribution is -0.143. The van der Waals surface area contributed by atoms with Crippen molar-refractivity contribution in [2.24, 2.45) is 0 Å². The Morgan fingerprint density at radius 2 is 0.833 bits per heavy atom. The molecule has 0 aliphatic rings. The standard InChI is InChI=1S/2C6H12O6/c2*7-1-3(9)5(11)6(12)4(10)2-8/h2*3,5-9,11-12H,1-2H2/t3-,5-,6+;3-,5-,6-/m11/s1.